The van der Waals surface area contributed by atoms with Crippen molar-refractivity contribution in [3.05, 3.63) is 55.8 Å². The summed E-state index contributed by atoms with van der Waals surface area (Å²) in [5, 5.41) is 16.1. The van der Waals surface area contributed by atoms with Crippen LogP contribution in [-0.4, -0.2) is 4.92 Å². The van der Waals surface area contributed by atoms with Gasteiger partial charge in [-0.2, -0.15) is 0 Å². The first-order chi connectivity index (χ1) is 9.11. The fourth-order valence-electron chi connectivity index (χ4n) is 1.93. The summed E-state index contributed by atoms with van der Waals surface area (Å²) in [6.45, 7) is 4.79. The quantitative estimate of drug-likeness (QED) is 0.659. The molecule has 0 aliphatic rings. The molecule has 0 fully saturated rings. The number of non-ortho nitro benzene ring substituents is 1. The molecule has 19 heavy (non-hydrogen) atoms. The second-order valence-corrected chi connectivity index (χ2v) is 5.33. The molecule has 1 aromatic carbocycles. The van der Waals surface area contributed by atoms with Gasteiger partial charge in [-0.05, 0) is 35.9 Å². The molecular weight excluding hydrogens is 260 g/mol. The normalized spacial score (nSPS) is 10.4. The van der Waals surface area contributed by atoms with Crippen LogP contribution in [0.2, 0.25) is 0 Å². The molecule has 0 unspecified atom stereocenters. The van der Waals surface area contributed by atoms with Gasteiger partial charge in [0.25, 0.3) is 5.69 Å². The zero-order valence-electron chi connectivity index (χ0n) is 11.0. The topological polar surface area (TPSA) is 55.2 Å². The summed E-state index contributed by atoms with van der Waals surface area (Å²) in [6.07, 6.45) is 1.01. The van der Waals surface area contributed by atoms with Crippen molar-refractivity contribution in [3.63, 3.8) is 0 Å². The molecular formula is C14H16N2O2S. The molecule has 0 radical (unpaired) electrons. The van der Waals surface area contributed by atoms with Crippen molar-refractivity contribution < 1.29 is 4.92 Å². The Labute approximate surface area is 116 Å². The van der Waals surface area contributed by atoms with E-state index in [4.69, 9.17) is 0 Å². The average Bonchev–Trinajstić information content (AvgIpc) is 2.85. The van der Waals surface area contributed by atoms with Crippen molar-refractivity contribution in [2.24, 2.45) is 0 Å². The molecule has 5 heteroatoms. The lowest BCUT2D eigenvalue weighted by Gasteiger charge is -2.09. The second kappa shape index (κ2) is 5.84. The maximum atomic E-state index is 10.8. The van der Waals surface area contributed by atoms with Crippen LogP contribution < -0.4 is 5.32 Å². The summed E-state index contributed by atoms with van der Waals surface area (Å²) in [7, 11) is 0. The SMILES string of the molecule is CCc1ccsc1CNc1cc([N+](=O)[O-])ccc1C. The molecule has 1 aromatic heterocycles. The van der Waals surface area contributed by atoms with Gasteiger partial charge in [-0.1, -0.05) is 13.0 Å². The molecule has 4 nitrogen and oxygen atoms in total. The van der Waals surface area contributed by atoms with Crippen LogP contribution in [0.5, 0.6) is 0 Å². The highest BCUT2D eigenvalue weighted by Crippen LogP contribution is 2.24. The standard InChI is InChI=1S/C14H16N2O2S/c1-3-11-6-7-19-14(11)9-15-13-8-12(16(17)18)5-4-10(13)2/h4-8,15H,3,9H2,1-2H3. The number of nitrogens with one attached hydrogen (secondary N) is 1. The Hall–Kier alpha value is -1.88. The van der Waals surface area contributed by atoms with Crippen LogP contribution in [0.15, 0.2) is 29.6 Å². The van der Waals surface area contributed by atoms with Gasteiger partial charge < -0.3 is 5.32 Å². The smallest absolute Gasteiger partial charge is 0.271 e. The maximum Gasteiger partial charge on any atom is 0.271 e. The number of rotatable bonds is 5. The molecule has 100 valence electrons. The van der Waals surface area contributed by atoms with Gasteiger partial charge in [-0.15, -0.1) is 11.3 Å². The molecule has 0 saturated heterocycles. The summed E-state index contributed by atoms with van der Waals surface area (Å²) in [4.78, 5) is 11.7. The summed E-state index contributed by atoms with van der Waals surface area (Å²) in [5.41, 5.74) is 3.29. The van der Waals surface area contributed by atoms with Gasteiger partial charge in [0.2, 0.25) is 0 Å². The third-order valence-electron chi connectivity index (χ3n) is 3.09. The summed E-state index contributed by atoms with van der Waals surface area (Å²) in [5.74, 6) is 0. The Kier molecular flexibility index (Phi) is 4.16. The van der Waals surface area contributed by atoms with E-state index in [2.05, 4.69) is 23.7 Å². The van der Waals surface area contributed by atoms with Crippen molar-refractivity contribution in [2.45, 2.75) is 26.8 Å². The molecule has 0 bridgehead atoms. The van der Waals surface area contributed by atoms with Crippen molar-refractivity contribution in [1.29, 1.82) is 0 Å². The first-order valence-electron chi connectivity index (χ1n) is 6.16. The van der Waals surface area contributed by atoms with E-state index in [1.807, 2.05) is 6.92 Å². The molecule has 0 atom stereocenters. The van der Waals surface area contributed by atoms with Crippen molar-refractivity contribution in [1.82, 2.24) is 0 Å². The summed E-state index contributed by atoms with van der Waals surface area (Å²) in [6, 6.07) is 7.02. The van der Waals surface area contributed by atoms with Gasteiger partial charge in [0.15, 0.2) is 0 Å². The summed E-state index contributed by atoms with van der Waals surface area (Å²) >= 11 is 1.71. The molecule has 0 aliphatic heterocycles. The number of thiophene rings is 1. The van der Waals surface area contributed by atoms with Crippen LogP contribution in [0, 0.1) is 17.0 Å². The minimum Gasteiger partial charge on any atom is -0.380 e. The lowest BCUT2D eigenvalue weighted by molar-refractivity contribution is -0.384. The highest BCUT2D eigenvalue weighted by atomic mass is 32.1. The van der Waals surface area contributed by atoms with E-state index in [0.29, 0.717) is 6.54 Å². The fourth-order valence-corrected chi connectivity index (χ4v) is 2.84. The number of nitro benzene ring substituents is 1. The lowest BCUT2D eigenvalue weighted by atomic mass is 10.1. The van der Waals surface area contributed by atoms with Crippen LogP contribution in [0.25, 0.3) is 0 Å². The van der Waals surface area contributed by atoms with Gasteiger partial charge in [-0.25, -0.2) is 0 Å². The predicted molar refractivity (Wildman–Crippen MR) is 78.9 cm³/mol. The lowest BCUT2D eigenvalue weighted by Crippen LogP contribution is -2.02. The fraction of sp³-hybridized carbons (Fsp3) is 0.286. The largest absolute Gasteiger partial charge is 0.380 e. The Bertz CT molecular complexity index is 593. The number of anilines is 1. The second-order valence-electron chi connectivity index (χ2n) is 4.33. The predicted octanol–water partition coefficient (Wildman–Crippen LogP) is 4.14. The van der Waals surface area contributed by atoms with E-state index in [-0.39, 0.29) is 10.6 Å². The number of benzene rings is 1. The van der Waals surface area contributed by atoms with Gasteiger partial charge in [-0.3, -0.25) is 10.1 Å². The minimum absolute atomic E-state index is 0.120. The molecule has 0 amide bonds. The molecule has 1 heterocycles. The number of nitro groups is 1. The van der Waals surface area contributed by atoms with Gasteiger partial charge >= 0.3 is 0 Å². The van der Waals surface area contributed by atoms with Crippen LogP contribution in [0.3, 0.4) is 0 Å². The monoisotopic (exact) mass is 276 g/mol. The Morgan fingerprint density at radius 1 is 1.37 bits per heavy atom. The molecule has 0 aliphatic carbocycles. The van der Waals surface area contributed by atoms with Gasteiger partial charge in [0.05, 0.1) is 4.92 Å². The molecule has 0 spiro atoms. The van der Waals surface area contributed by atoms with E-state index >= 15 is 0 Å². The molecule has 2 aromatic rings. The minimum atomic E-state index is -0.368. The highest BCUT2D eigenvalue weighted by Gasteiger charge is 2.09. The van der Waals surface area contributed by atoms with E-state index in [1.165, 1.54) is 16.5 Å². The van der Waals surface area contributed by atoms with Crippen LogP contribution in [0.4, 0.5) is 11.4 Å². The van der Waals surface area contributed by atoms with Crippen molar-refractivity contribution >= 4 is 22.7 Å². The van der Waals surface area contributed by atoms with Gasteiger partial charge in [0, 0.05) is 29.2 Å². The number of hydrogen-bond donors (Lipinski definition) is 1. The van der Waals surface area contributed by atoms with E-state index in [9.17, 15) is 10.1 Å². The van der Waals surface area contributed by atoms with Crippen LogP contribution in [0.1, 0.15) is 22.9 Å². The zero-order chi connectivity index (χ0) is 13.8. The highest BCUT2D eigenvalue weighted by molar-refractivity contribution is 7.10. The van der Waals surface area contributed by atoms with E-state index in [1.54, 1.807) is 23.5 Å². The van der Waals surface area contributed by atoms with E-state index < -0.39 is 0 Å². The molecule has 1 N–H and O–H groups in total. The number of aryl methyl sites for hydroxylation is 2. The number of hydrogen-bond acceptors (Lipinski definition) is 4. The summed E-state index contributed by atoms with van der Waals surface area (Å²) < 4.78 is 0. The molecule has 2 rings (SSSR count). The maximum absolute atomic E-state index is 10.8. The Morgan fingerprint density at radius 3 is 2.84 bits per heavy atom. The van der Waals surface area contributed by atoms with Crippen molar-refractivity contribution in [3.8, 4) is 0 Å². The Balaban J connectivity index is 2.15. The third kappa shape index (κ3) is 3.12. The van der Waals surface area contributed by atoms with E-state index in [0.717, 1.165) is 17.7 Å². The van der Waals surface area contributed by atoms with Crippen LogP contribution in [-0.2, 0) is 13.0 Å². The zero-order valence-corrected chi connectivity index (χ0v) is 11.8. The first kappa shape index (κ1) is 13.5. The van der Waals surface area contributed by atoms with Crippen molar-refractivity contribution in [2.75, 3.05) is 5.32 Å². The molecule has 0 saturated carbocycles. The first-order valence-corrected chi connectivity index (χ1v) is 7.04. The van der Waals surface area contributed by atoms with Gasteiger partial charge in [0.1, 0.15) is 0 Å². The average molecular weight is 276 g/mol. The number of nitrogens with zero attached hydrogens (tertiary/aromatic N) is 1. The van der Waals surface area contributed by atoms with Crippen LogP contribution >= 0.6 is 11.3 Å². The third-order valence-corrected chi connectivity index (χ3v) is 4.05. The Morgan fingerprint density at radius 2 is 2.16 bits per heavy atom.